The van der Waals surface area contributed by atoms with Crippen molar-refractivity contribution in [1.29, 1.82) is 0 Å². The quantitative estimate of drug-likeness (QED) is 0.867. The molecular weight excluding hydrogens is 316 g/mol. The minimum absolute atomic E-state index is 0.0296. The SMILES string of the molecule is CCn1cc(CN2CCn3cc(CC(=O)NC(C)C)nc3[C@@H]2C)cn1. The van der Waals surface area contributed by atoms with Gasteiger partial charge in [-0.1, -0.05) is 0 Å². The van der Waals surface area contributed by atoms with Crippen LogP contribution in [-0.4, -0.2) is 42.7 Å². The van der Waals surface area contributed by atoms with Crippen LogP contribution in [0.5, 0.6) is 0 Å². The molecule has 3 rings (SSSR count). The van der Waals surface area contributed by atoms with Crippen LogP contribution in [0.3, 0.4) is 0 Å². The molecule has 0 aliphatic carbocycles. The molecule has 7 nitrogen and oxygen atoms in total. The smallest absolute Gasteiger partial charge is 0.226 e. The third kappa shape index (κ3) is 4.10. The second-order valence-corrected chi connectivity index (χ2v) is 7.03. The summed E-state index contributed by atoms with van der Waals surface area (Å²) in [6, 6.07) is 0.379. The molecule has 0 saturated carbocycles. The van der Waals surface area contributed by atoms with Crippen LogP contribution in [0.15, 0.2) is 18.6 Å². The Bertz CT molecular complexity index is 732. The molecule has 0 aromatic carbocycles. The van der Waals surface area contributed by atoms with Crippen molar-refractivity contribution in [3.8, 4) is 0 Å². The van der Waals surface area contributed by atoms with Gasteiger partial charge in [0.25, 0.3) is 0 Å². The Kier molecular flexibility index (Phi) is 5.22. The fraction of sp³-hybridized carbons (Fsp3) is 0.611. The van der Waals surface area contributed by atoms with Crippen LogP contribution in [0.2, 0.25) is 0 Å². The largest absolute Gasteiger partial charge is 0.354 e. The maximum absolute atomic E-state index is 12.0. The first kappa shape index (κ1) is 17.7. The van der Waals surface area contributed by atoms with E-state index in [0.717, 1.165) is 37.7 Å². The van der Waals surface area contributed by atoms with Crippen LogP contribution in [0.4, 0.5) is 0 Å². The molecule has 7 heteroatoms. The summed E-state index contributed by atoms with van der Waals surface area (Å²) >= 11 is 0. The van der Waals surface area contributed by atoms with E-state index >= 15 is 0 Å². The van der Waals surface area contributed by atoms with Crippen LogP contribution in [0, 0.1) is 0 Å². The van der Waals surface area contributed by atoms with Crippen molar-refractivity contribution in [2.24, 2.45) is 0 Å². The maximum Gasteiger partial charge on any atom is 0.226 e. The second-order valence-electron chi connectivity index (χ2n) is 7.03. The third-order valence-corrected chi connectivity index (χ3v) is 4.59. The molecule has 0 saturated heterocycles. The molecule has 1 atom stereocenters. The Morgan fingerprint density at radius 3 is 2.84 bits per heavy atom. The van der Waals surface area contributed by atoms with Crippen LogP contribution < -0.4 is 5.32 Å². The van der Waals surface area contributed by atoms with E-state index in [9.17, 15) is 4.79 Å². The summed E-state index contributed by atoms with van der Waals surface area (Å²) in [5.74, 6) is 1.07. The van der Waals surface area contributed by atoms with Crippen LogP contribution in [0.1, 0.15) is 50.8 Å². The number of aromatic nitrogens is 4. The zero-order chi connectivity index (χ0) is 18.0. The average molecular weight is 344 g/mol. The molecule has 1 aliphatic rings. The van der Waals surface area contributed by atoms with E-state index in [1.54, 1.807) is 0 Å². The van der Waals surface area contributed by atoms with Gasteiger partial charge in [0.1, 0.15) is 5.82 Å². The molecule has 3 heterocycles. The lowest BCUT2D eigenvalue weighted by Gasteiger charge is -2.33. The number of carbonyl (C=O) groups excluding carboxylic acids is 1. The normalized spacial score (nSPS) is 17.7. The van der Waals surface area contributed by atoms with Gasteiger partial charge in [-0.3, -0.25) is 14.4 Å². The standard InChI is InChI=1S/C18H28N6O/c1-5-24-11-15(9-19-24)10-22-6-7-23-12-16(21-18(23)14(22)4)8-17(25)20-13(2)3/h9,11-14H,5-8,10H2,1-4H3,(H,20,25)/t14-/m0/s1. The highest BCUT2D eigenvalue weighted by Crippen LogP contribution is 2.26. The molecule has 2 aromatic heterocycles. The minimum atomic E-state index is 0.0296. The molecule has 0 spiro atoms. The van der Waals surface area contributed by atoms with E-state index in [1.165, 1.54) is 5.56 Å². The summed E-state index contributed by atoms with van der Waals surface area (Å²) in [5.41, 5.74) is 2.07. The van der Waals surface area contributed by atoms with Gasteiger partial charge in [0.15, 0.2) is 0 Å². The van der Waals surface area contributed by atoms with E-state index in [0.29, 0.717) is 6.42 Å². The summed E-state index contributed by atoms with van der Waals surface area (Å²) in [6.45, 7) is 11.8. The lowest BCUT2D eigenvalue weighted by Crippen LogP contribution is -2.36. The molecule has 1 aliphatic heterocycles. The number of nitrogens with one attached hydrogen (secondary N) is 1. The fourth-order valence-electron chi connectivity index (χ4n) is 3.33. The topological polar surface area (TPSA) is 68.0 Å². The Balaban J connectivity index is 1.67. The molecule has 2 aromatic rings. The van der Waals surface area contributed by atoms with E-state index in [1.807, 2.05) is 30.9 Å². The molecule has 25 heavy (non-hydrogen) atoms. The zero-order valence-corrected chi connectivity index (χ0v) is 15.6. The first-order valence-corrected chi connectivity index (χ1v) is 9.07. The summed E-state index contributed by atoms with van der Waals surface area (Å²) < 4.78 is 4.14. The van der Waals surface area contributed by atoms with Crippen molar-refractivity contribution >= 4 is 5.91 Å². The van der Waals surface area contributed by atoms with Gasteiger partial charge < -0.3 is 9.88 Å². The van der Waals surface area contributed by atoms with Crippen molar-refractivity contribution < 1.29 is 4.79 Å². The fourth-order valence-corrected chi connectivity index (χ4v) is 3.33. The third-order valence-electron chi connectivity index (χ3n) is 4.59. The Morgan fingerprint density at radius 1 is 1.36 bits per heavy atom. The highest BCUT2D eigenvalue weighted by molar-refractivity contribution is 5.78. The van der Waals surface area contributed by atoms with Crippen molar-refractivity contribution in [3.63, 3.8) is 0 Å². The van der Waals surface area contributed by atoms with E-state index < -0.39 is 0 Å². The number of rotatable bonds is 6. The van der Waals surface area contributed by atoms with Gasteiger partial charge in [0, 0.05) is 50.2 Å². The molecule has 0 fully saturated rings. The van der Waals surface area contributed by atoms with Crippen LogP contribution in [-0.2, 0) is 30.8 Å². The van der Waals surface area contributed by atoms with Crippen molar-refractivity contribution in [1.82, 2.24) is 29.5 Å². The molecular formula is C18H28N6O. The molecule has 0 radical (unpaired) electrons. The van der Waals surface area contributed by atoms with Crippen LogP contribution in [0.25, 0.3) is 0 Å². The van der Waals surface area contributed by atoms with Crippen LogP contribution >= 0.6 is 0 Å². The number of amides is 1. The monoisotopic (exact) mass is 344 g/mol. The van der Waals surface area contributed by atoms with E-state index in [-0.39, 0.29) is 18.0 Å². The summed E-state index contributed by atoms with van der Waals surface area (Å²) in [6.07, 6.45) is 6.42. The molecule has 1 amide bonds. The number of aryl methyl sites for hydroxylation is 1. The maximum atomic E-state index is 12.0. The van der Waals surface area contributed by atoms with E-state index in [4.69, 9.17) is 4.98 Å². The summed E-state index contributed by atoms with van der Waals surface area (Å²) in [4.78, 5) is 19.1. The Hall–Kier alpha value is -2.15. The number of nitrogens with zero attached hydrogens (tertiary/aromatic N) is 5. The van der Waals surface area contributed by atoms with Gasteiger partial charge in [0.05, 0.1) is 24.4 Å². The number of hydrogen-bond acceptors (Lipinski definition) is 4. The molecule has 136 valence electrons. The van der Waals surface area contributed by atoms with Crippen molar-refractivity contribution in [3.05, 3.63) is 35.7 Å². The highest BCUT2D eigenvalue weighted by Gasteiger charge is 2.26. The Labute approximate surface area is 149 Å². The number of fused-ring (bicyclic) bond motifs is 1. The van der Waals surface area contributed by atoms with Gasteiger partial charge in [-0.15, -0.1) is 0 Å². The summed E-state index contributed by atoms with van der Waals surface area (Å²) in [7, 11) is 0. The van der Waals surface area contributed by atoms with Gasteiger partial charge in [0.2, 0.25) is 5.91 Å². The molecule has 0 bridgehead atoms. The number of hydrogen-bond donors (Lipinski definition) is 1. The van der Waals surface area contributed by atoms with Crippen molar-refractivity contribution in [2.45, 2.75) is 65.8 Å². The predicted octanol–water partition coefficient (Wildman–Crippen LogP) is 1.74. The van der Waals surface area contributed by atoms with E-state index in [2.05, 4.69) is 39.9 Å². The summed E-state index contributed by atoms with van der Waals surface area (Å²) in [5, 5.41) is 7.28. The number of imidazole rings is 1. The average Bonchev–Trinajstić information content (AvgIpc) is 3.16. The highest BCUT2D eigenvalue weighted by atomic mass is 16.1. The Morgan fingerprint density at radius 2 is 2.16 bits per heavy atom. The lowest BCUT2D eigenvalue weighted by atomic mass is 10.2. The zero-order valence-electron chi connectivity index (χ0n) is 15.6. The minimum Gasteiger partial charge on any atom is -0.354 e. The number of carbonyl (C=O) groups is 1. The van der Waals surface area contributed by atoms with Gasteiger partial charge >= 0.3 is 0 Å². The molecule has 1 N–H and O–H groups in total. The first-order valence-electron chi connectivity index (χ1n) is 9.07. The first-order chi connectivity index (χ1) is 12.0. The van der Waals surface area contributed by atoms with Gasteiger partial charge in [-0.25, -0.2) is 4.98 Å². The van der Waals surface area contributed by atoms with Crippen molar-refractivity contribution in [2.75, 3.05) is 6.54 Å². The van der Waals surface area contributed by atoms with Gasteiger partial charge in [-0.05, 0) is 27.7 Å². The second kappa shape index (κ2) is 7.39. The lowest BCUT2D eigenvalue weighted by molar-refractivity contribution is -0.120. The molecule has 0 unspecified atom stereocenters. The predicted molar refractivity (Wildman–Crippen MR) is 95.9 cm³/mol. The van der Waals surface area contributed by atoms with Gasteiger partial charge in [-0.2, -0.15) is 5.10 Å².